The van der Waals surface area contributed by atoms with Crippen LogP contribution in [0.25, 0.3) is 0 Å². The number of morpholine rings is 1. The predicted molar refractivity (Wildman–Crippen MR) is 94.5 cm³/mol. The molecular weight excluding hydrogens is 324 g/mol. The number of carboxylic acids is 1. The molecule has 0 aromatic heterocycles. The van der Waals surface area contributed by atoms with Crippen molar-refractivity contribution in [1.29, 1.82) is 0 Å². The number of nitrogens with zero attached hydrogens (tertiary/aromatic N) is 1. The van der Waals surface area contributed by atoms with Crippen molar-refractivity contribution in [2.75, 3.05) is 33.4 Å². The van der Waals surface area contributed by atoms with Crippen LogP contribution in [0.5, 0.6) is 0 Å². The number of carbonyl (C=O) groups excluding carboxylic acids is 1. The summed E-state index contributed by atoms with van der Waals surface area (Å²) in [4.78, 5) is 24.9. The van der Waals surface area contributed by atoms with Crippen molar-refractivity contribution in [3.8, 4) is 0 Å². The summed E-state index contributed by atoms with van der Waals surface area (Å²) in [6, 6.07) is 7.35. The van der Waals surface area contributed by atoms with E-state index in [4.69, 9.17) is 14.6 Å². The normalized spacial score (nSPS) is 16.2. The molecule has 2 N–H and O–H groups in total. The van der Waals surface area contributed by atoms with Gasteiger partial charge in [-0.3, -0.25) is 0 Å². The van der Waals surface area contributed by atoms with Crippen LogP contribution in [0.4, 0.5) is 4.79 Å². The molecular formula is C18H28N2O5. The van der Waals surface area contributed by atoms with E-state index in [9.17, 15) is 9.59 Å². The summed E-state index contributed by atoms with van der Waals surface area (Å²) in [7, 11) is 2.11. The van der Waals surface area contributed by atoms with Gasteiger partial charge in [0.25, 0.3) is 0 Å². The van der Waals surface area contributed by atoms with Gasteiger partial charge < -0.3 is 24.8 Å². The first-order valence-electron chi connectivity index (χ1n) is 8.22. The second-order valence-corrected chi connectivity index (χ2v) is 6.74. The average molecular weight is 352 g/mol. The molecule has 2 rings (SSSR count). The summed E-state index contributed by atoms with van der Waals surface area (Å²) in [6.07, 6.45) is -0.751. The van der Waals surface area contributed by atoms with Crippen LogP contribution < -0.4 is 5.32 Å². The first-order chi connectivity index (χ1) is 11.7. The van der Waals surface area contributed by atoms with Crippen LogP contribution in [0.15, 0.2) is 30.3 Å². The Bertz CT molecular complexity index is 536. The molecule has 1 atom stereocenters. The standard InChI is InChI=1S/C13H17NO4.C5H11NO/c1-13(2,3)18-12(17)14-10(11(15)16)9-7-5-4-6-8-9;1-6-2-4-7-5-3-6/h4-8,10H,1-3H3,(H,14,17)(H,15,16);2-5H2,1H3. The number of nitrogens with one attached hydrogen (secondary N) is 1. The number of carboxylic acid groups (broad SMARTS) is 1. The Morgan fingerprint density at radius 2 is 1.76 bits per heavy atom. The highest BCUT2D eigenvalue weighted by Crippen LogP contribution is 2.14. The summed E-state index contributed by atoms with van der Waals surface area (Å²) in [5.74, 6) is -1.13. The average Bonchev–Trinajstić information content (AvgIpc) is 2.53. The van der Waals surface area contributed by atoms with Gasteiger partial charge >= 0.3 is 12.1 Å². The largest absolute Gasteiger partial charge is 0.479 e. The number of ether oxygens (including phenoxy) is 2. The number of aliphatic carboxylic acids is 1. The summed E-state index contributed by atoms with van der Waals surface area (Å²) >= 11 is 0. The van der Waals surface area contributed by atoms with Gasteiger partial charge in [0.15, 0.2) is 6.04 Å². The second-order valence-electron chi connectivity index (χ2n) is 6.74. The van der Waals surface area contributed by atoms with Crippen molar-refractivity contribution in [2.45, 2.75) is 32.4 Å². The lowest BCUT2D eigenvalue weighted by Gasteiger charge is -2.22. The third-order valence-electron chi connectivity index (χ3n) is 3.28. The Balaban J connectivity index is 0.000000370. The van der Waals surface area contributed by atoms with Crippen LogP contribution in [-0.4, -0.2) is 61.0 Å². The van der Waals surface area contributed by atoms with E-state index in [0.717, 1.165) is 26.3 Å². The number of alkyl carbamates (subject to hydrolysis) is 1. The maximum absolute atomic E-state index is 11.6. The molecule has 1 fully saturated rings. The minimum Gasteiger partial charge on any atom is -0.479 e. The Labute approximate surface area is 148 Å². The molecule has 1 saturated heterocycles. The SMILES string of the molecule is CC(C)(C)OC(=O)NC(C(=O)O)c1ccccc1.CN1CCOCC1. The van der Waals surface area contributed by atoms with Crippen molar-refractivity contribution in [3.05, 3.63) is 35.9 Å². The van der Waals surface area contributed by atoms with Crippen LogP contribution in [-0.2, 0) is 14.3 Å². The lowest BCUT2D eigenvalue weighted by atomic mass is 10.1. The molecule has 25 heavy (non-hydrogen) atoms. The molecule has 0 aliphatic carbocycles. The maximum Gasteiger partial charge on any atom is 0.408 e. The Hall–Kier alpha value is -2.12. The monoisotopic (exact) mass is 352 g/mol. The zero-order chi connectivity index (χ0) is 18.9. The predicted octanol–water partition coefficient (Wildman–Crippen LogP) is 2.29. The third-order valence-corrected chi connectivity index (χ3v) is 3.28. The van der Waals surface area contributed by atoms with Gasteiger partial charge in [-0.2, -0.15) is 0 Å². The second kappa shape index (κ2) is 10.0. The van der Waals surface area contributed by atoms with Crippen LogP contribution >= 0.6 is 0 Å². The van der Waals surface area contributed by atoms with Crippen LogP contribution in [0.2, 0.25) is 0 Å². The molecule has 1 amide bonds. The highest BCUT2D eigenvalue weighted by atomic mass is 16.6. The quantitative estimate of drug-likeness (QED) is 0.868. The molecule has 1 aliphatic rings. The fraction of sp³-hybridized carbons (Fsp3) is 0.556. The summed E-state index contributed by atoms with van der Waals surface area (Å²) in [6.45, 7) is 9.16. The molecule has 1 aliphatic heterocycles. The third kappa shape index (κ3) is 9.07. The number of likely N-dealkylation sites (N-methyl/N-ethyl adjacent to an activating group) is 1. The summed E-state index contributed by atoms with van der Waals surface area (Å²) < 4.78 is 10.1. The van der Waals surface area contributed by atoms with E-state index in [1.54, 1.807) is 51.1 Å². The Morgan fingerprint density at radius 3 is 2.16 bits per heavy atom. The fourth-order valence-electron chi connectivity index (χ4n) is 2.01. The van der Waals surface area contributed by atoms with Crippen molar-refractivity contribution in [1.82, 2.24) is 10.2 Å². The first kappa shape index (κ1) is 20.9. The molecule has 1 unspecified atom stereocenters. The number of hydrogen-bond donors (Lipinski definition) is 2. The van der Waals surface area contributed by atoms with E-state index in [1.165, 1.54) is 0 Å². The fourth-order valence-corrected chi connectivity index (χ4v) is 2.01. The van der Waals surface area contributed by atoms with Gasteiger partial charge in [-0.25, -0.2) is 9.59 Å². The maximum atomic E-state index is 11.6. The molecule has 140 valence electrons. The zero-order valence-corrected chi connectivity index (χ0v) is 15.3. The van der Waals surface area contributed by atoms with Crippen LogP contribution in [0.1, 0.15) is 32.4 Å². The van der Waals surface area contributed by atoms with E-state index in [0.29, 0.717) is 5.56 Å². The number of rotatable bonds is 3. The highest BCUT2D eigenvalue weighted by Gasteiger charge is 2.25. The smallest absolute Gasteiger partial charge is 0.408 e. The van der Waals surface area contributed by atoms with Crippen LogP contribution in [0.3, 0.4) is 0 Å². The minimum atomic E-state index is -1.13. The molecule has 1 aromatic carbocycles. The van der Waals surface area contributed by atoms with Gasteiger partial charge in [-0.1, -0.05) is 30.3 Å². The van der Waals surface area contributed by atoms with E-state index < -0.39 is 23.7 Å². The van der Waals surface area contributed by atoms with Gasteiger partial charge in [0, 0.05) is 13.1 Å². The van der Waals surface area contributed by atoms with Crippen LogP contribution in [0, 0.1) is 0 Å². The molecule has 1 aromatic rings. The highest BCUT2D eigenvalue weighted by molar-refractivity contribution is 5.81. The van der Waals surface area contributed by atoms with E-state index >= 15 is 0 Å². The molecule has 1 heterocycles. The van der Waals surface area contributed by atoms with Gasteiger partial charge in [0.1, 0.15) is 5.60 Å². The van der Waals surface area contributed by atoms with E-state index in [2.05, 4.69) is 17.3 Å². The molecule has 7 heteroatoms. The first-order valence-corrected chi connectivity index (χ1v) is 8.22. The number of benzene rings is 1. The Kier molecular flexibility index (Phi) is 8.37. The summed E-state index contributed by atoms with van der Waals surface area (Å²) in [5, 5.41) is 11.4. The lowest BCUT2D eigenvalue weighted by molar-refractivity contribution is -0.139. The minimum absolute atomic E-state index is 0.496. The number of hydrogen-bond acceptors (Lipinski definition) is 5. The Morgan fingerprint density at radius 1 is 1.20 bits per heavy atom. The van der Waals surface area contributed by atoms with E-state index in [-0.39, 0.29) is 0 Å². The van der Waals surface area contributed by atoms with Crippen molar-refractivity contribution >= 4 is 12.1 Å². The van der Waals surface area contributed by atoms with E-state index in [1.807, 2.05) is 0 Å². The molecule has 0 bridgehead atoms. The topological polar surface area (TPSA) is 88.1 Å². The van der Waals surface area contributed by atoms with Gasteiger partial charge in [-0.15, -0.1) is 0 Å². The molecule has 0 radical (unpaired) electrons. The van der Waals surface area contributed by atoms with Crippen molar-refractivity contribution in [2.24, 2.45) is 0 Å². The van der Waals surface area contributed by atoms with Crippen molar-refractivity contribution in [3.63, 3.8) is 0 Å². The number of amides is 1. The summed E-state index contributed by atoms with van der Waals surface area (Å²) in [5.41, 5.74) is -0.167. The molecule has 0 saturated carbocycles. The van der Waals surface area contributed by atoms with Gasteiger partial charge in [0.05, 0.1) is 13.2 Å². The zero-order valence-electron chi connectivity index (χ0n) is 15.3. The molecule has 0 spiro atoms. The van der Waals surface area contributed by atoms with Crippen molar-refractivity contribution < 1.29 is 24.2 Å². The van der Waals surface area contributed by atoms with Gasteiger partial charge in [-0.05, 0) is 33.4 Å². The number of carbonyl (C=O) groups is 2. The molecule has 7 nitrogen and oxygen atoms in total. The lowest BCUT2D eigenvalue weighted by Crippen LogP contribution is -2.38. The van der Waals surface area contributed by atoms with Gasteiger partial charge in [0.2, 0.25) is 0 Å².